The molecule has 20 heavy (non-hydrogen) atoms. The van der Waals surface area contributed by atoms with Crippen molar-refractivity contribution in [2.75, 3.05) is 7.11 Å². The molecule has 0 saturated heterocycles. The van der Waals surface area contributed by atoms with Crippen molar-refractivity contribution in [3.8, 4) is 0 Å². The van der Waals surface area contributed by atoms with Gasteiger partial charge in [0.15, 0.2) is 0 Å². The fourth-order valence-electron chi connectivity index (χ4n) is 2.52. The molecule has 0 amide bonds. The van der Waals surface area contributed by atoms with Crippen molar-refractivity contribution in [1.82, 2.24) is 0 Å². The summed E-state index contributed by atoms with van der Waals surface area (Å²) in [6, 6.07) is 4.32. The van der Waals surface area contributed by atoms with Crippen molar-refractivity contribution >= 4 is 5.84 Å². The molecular weight excluding hydrogens is 256 g/mol. The molecule has 0 spiro atoms. The lowest BCUT2D eigenvalue weighted by Gasteiger charge is -2.09. The number of hydrogen-bond acceptors (Lipinski definition) is 5. The van der Waals surface area contributed by atoms with Gasteiger partial charge < -0.3 is 10.2 Å². The summed E-state index contributed by atoms with van der Waals surface area (Å²) < 4.78 is 5.66. The number of furan rings is 1. The van der Waals surface area contributed by atoms with Gasteiger partial charge in [0.05, 0.1) is 19.0 Å². The molecule has 0 fully saturated rings. The molecule has 0 aliphatic carbocycles. The highest BCUT2D eigenvalue weighted by molar-refractivity contribution is 5.80. The van der Waals surface area contributed by atoms with Gasteiger partial charge in [-0.3, -0.25) is 4.99 Å². The number of nitrogens with two attached hydrogens (primary N) is 1. The van der Waals surface area contributed by atoms with E-state index in [9.17, 15) is 0 Å². The Labute approximate surface area is 120 Å². The Morgan fingerprint density at radius 2 is 2.20 bits per heavy atom. The van der Waals surface area contributed by atoms with Crippen LogP contribution >= 0.6 is 0 Å². The van der Waals surface area contributed by atoms with E-state index < -0.39 is 0 Å². The summed E-state index contributed by atoms with van der Waals surface area (Å²) in [6.07, 6.45) is 7.59. The maximum atomic E-state index is 5.86. The van der Waals surface area contributed by atoms with E-state index in [1.807, 2.05) is 12.1 Å². The molecule has 1 aliphatic rings. The standard InChI is InChI=1S/C15H24N2O3/c1-18-19-11-14-10-9-13(20-14)7-4-6-12-5-2-3-8-15(16)17-12/h9-10,12H,2-8,11H2,1H3,(H2,16,17). The van der Waals surface area contributed by atoms with Crippen LogP contribution in [0.15, 0.2) is 21.5 Å². The summed E-state index contributed by atoms with van der Waals surface area (Å²) in [5.41, 5.74) is 5.86. The molecule has 1 unspecified atom stereocenters. The first-order chi connectivity index (χ1) is 9.78. The molecule has 1 aromatic rings. The zero-order chi connectivity index (χ0) is 14.2. The molecule has 2 N–H and O–H groups in total. The second-order valence-corrected chi connectivity index (χ2v) is 5.21. The van der Waals surface area contributed by atoms with Crippen molar-refractivity contribution in [3.63, 3.8) is 0 Å². The topological polar surface area (TPSA) is 70.0 Å². The average Bonchev–Trinajstić information content (AvgIpc) is 2.78. The van der Waals surface area contributed by atoms with Gasteiger partial charge in [-0.2, -0.15) is 0 Å². The molecule has 1 aliphatic heterocycles. The predicted molar refractivity (Wildman–Crippen MR) is 77.3 cm³/mol. The van der Waals surface area contributed by atoms with Crippen LogP contribution in [0.1, 0.15) is 50.0 Å². The van der Waals surface area contributed by atoms with Crippen molar-refractivity contribution < 1.29 is 14.2 Å². The molecule has 0 saturated carbocycles. The van der Waals surface area contributed by atoms with Crippen molar-refractivity contribution in [2.24, 2.45) is 10.7 Å². The summed E-state index contributed by atoms with van der Waals surface area (Å²) in [7, 11) is 1.49. The molecule has 1 aromatic heterocycles. The van der Waals surface area contributed by atoms with E-state index in [4.69, 9.17) is 15.0 Å². The van der Waals surface area contributed by atoms with E-state index >= 15 is 0 Å². The largest absolute Gasteiger partial charge is 0.463 e. The van der Waals surface area contributed by atoms with Gasteiger partial charge in [-0.05, 0) is 37.8 Å². The van der Waals surface area contributed by atoms with Gasteiger partial charge in [-0.25, -0.2) is 9.78 Å². The van der Waals surface area contributed by atoms with Gasteiger partial charge in [0.25, 0.3) is 0 Å². The maximum absolute atomic E-state index is 5.86. The van der Waals surface area contributed by atoms with Crippen LogP contribution in [-0.2, 0) is 22.8 Å². The smallest absolute Gasteiger partial charge is 0.140 e. The van der Waals surface area contributed by atoms with Gasteiger partial charge in [-0.15, -0.1) is 0 Å². The molecule has 5 heteroatoms. The Kier molecular flexibility index (Phi) is 6.08. The first-order valence-electron chi connectivity index (χ1n) is 7.33. The zero-order valence-electron chi connectivity index (χ0n) is 12.1. The summed E-state index contributed by atoms with van der Waals surface area (Å²) in [6.45, 7) is 0.347. The lowest BCUT2D eigenvalue weighted by Crippen LogP contribution is -2.14. The maximum Gasteiger partial charge on any atom is 0.140 e. The normalized spacial score (nSPS) is 19.6. The van der Waals surface area contributed by atoms with Crippen molar-refractivity contribution in [2.45, 2.75) is 57.6 Å². The van der Waals surface area contributed by atoms with Crippen LogP contribution < -0.4 is 5.73 Å². The summed E-state index contributed by atoms with van der Waals surface area (Å²) >= 11 is 0. The van der Waals surface area contributed by atoms with Gasteiger partial charge in [0.1, 0.15) is 18.1 Å². The monoisotopic (exact) mass is 280 g/mol. The van der Waals surface area contributed by atoms with Gasteiger partial charge >= 0.3 is 0 Å². The van der Waals surface area contributed by atoms with Crippen molar-refractivity contribution in [3.05, 3.63) is 23.7 Å². The van der Waals surface area contributed by atoms with Crippen LogP contribution in [0, 0.1) is 0 Å². The number of nitrogens with zero attached hydrogens (tertiary/aromatic N) is 1. The fourth-order valence-corrected chi connectivity index (χ4v) is 2.52. The zero-order valence-corrected chi connectivity index (χ0v) is 12.1. The van der Waals surface area contributed by atoms with Gasteiger partial charge in [0.2, 0.25) is 0 Å². The fraction of sp³-hybridized carbons (Fsp3) is 0.667. The summed E-state index contributed by atoms with van der Waals surface area (Å²) in [5.74, 6) is 2.60. The highest BCUT2D eigenvalue weighted by Crippen LogP contribution is 2.18. The van der Waals surface area contributed by atoms with E-state index in [1.54, 1.807) is 0 Å². The van der Waals surface area contributed by atoms with Crippen LogP contribution in [0.3, 0.4) is 0 Å². The third-order valence-corrected chi connectivity index (χ3v) is 3.57. The molecule has 5 nitrogen and oxygen atoms in total. The first-order valence-corrected chi connectivity index (χ1v) is 7.33. The van der Waals surface area contributed by atoms with Crippen LogP contribution in [0.4, 0.5) is 0 Å². The molecule has 0 aromatic carbocycles. The second kappa shape index (κ2) is 8.07. The minimum Gasteiger partial charge on any atom is -0.463 e. The van der Waals surface area contributed by atoms with Crippen molar-refractivity contribution in [1.29, 1.82) is 0 Å². The van der Waals surface area contributed by atoms with Gasteiger partial charge in [-0.1, -0.05) is 6.42 Å². The van der Waals surface area contributed by atoms with E-state index in [1.165, 1.54) is 20.0 Å². The molecule has 0 bridgehead atoms. The molecule has 112 valence electrons. The van der Waals surface area contributed by atoms with Crippen LogP contribution in [-0.4, -0.2) is 19.0 Å². The minimum atomic E-state index is 0.347. The highest BCUT2D eigenvalue weighted by atomic mass is 17.2. The SMILES string of the molecule is COOCc1ccc(CCCC2CCCCC(N)=N2)o1. The molecule has 2 heterocycles. The summed E-state index contributed by atoms with van der Waals surface area (Å²) in [4.78, 5) is 14.0. The van der Waals surface area contributed by atoms with E-state index in [-0.39, 0.29) is 0 Å². The predicted octanol–water partition coefficient (Wildman–Crippen LogP) is 2.98. The highest BCUT2D eigenvalue weighted by Gasteiger charge is 2.12. The minimum absolute atomic E-state index is 0.347. The second-order valence-electron chi connectivity index (χ2n) is 5.21. The molecule has 2 rings (SSSR count). The number of aryl methyl sites for hydroxylation is 1. The number of amidine groups is 1. The van der Waals surface area contributed by atoms with Crippen LogP contribution in [0.5, 0.6) is 0 Å². The van der Waals surface area contributed by atoms with Crippen LogP contribution in [0.25, 0.3) is 0 Å². The Balaban J connectivity index is 1.72. The first kappa shape index (κ1) is 15.1. The van der Waals surface area contributed by atoms with E-state index in [2.05, 4.69) is 9.88 Å². The molecular formula is C15H24N2O3. The Hall–Kier alpha value is -1.33. The third-order valence-electron chi connectivity index (χ3n) is 3.57. The number of aliphatic imine (C=N–C) groups is 1. The lowest BCUT2D eigenvalue weighted by molar-refractivity contribution is -0.284. The number of rotatable bonds is 7. The van der Waals surface area contributed by atoms with E-state index in [0.29, 0.717) is 12.6 Å². The quantitative estimate of drug-likeness (QED) is 0.615. The average molecular weight is 280 g/mol. The Morgan fingerprint density at radius 3 is 3.05 bits per heavy atom. The lowest BCUT2D eigenvalue weighted by atomic mass is 10.0. The Bertz CT molecular complexity index is 429. The Morgan fingerprint density at radius 1 is 1.35 bits per heavy atom. The molecule has 0 radical (unpaired) electrons. The number of hydrogen-bond donors (Lipinski definition) is 1. The molecule has 1 atom stereocenters. The van der Waals surface area contributed by atoms with E-state index in [0.717, 1.165) is 49.5 Å². The third kappa shape index (κ3) is 4.98. The van der Waals surface area contributed by atoms with Gasteiger partial charge in [0, 0.05) is 12.8 Å². The summed E-state index contributed by atoms with van der Waals surface area (Å²) in [5, 5.41) is 0. The van der Waals surface area contributed by atoms with Crippen LogP contribution in [0.2, 0.25) is 0 Å².